The number of aliphatic hydroxyl groups excluding tert-OH is 1. The summed E-state index contributed by atoms with van der Waals surface area (Å²) in [4.78, 5) is 0. The molecule has 1 unspecified atom stereocenters. The largest absolute Gasteiger partial charge is 0.495 e. The molecule has 6 heteroatoms. The lowest BCUT2D eigenvalue weighted by Crippen LogP contribution is -1.96. The fourth-order valence-corrected chi connectivity index (χ4v) is 1.96. The smallest absolute Gasteiger partial charge is 0.135 e. The highest BCUT2D eigenvalue weighted by molar-refractivity contribution is 9.10. The van der Waals surface area contributed by atoms with Gasteiger partial charge in [-0.1, -0.05) is 12.1 Å². The van der Waals surface area contributed by atoms with Crippen LogP contribution in [0, 0.1) is 0 Å². The van der Waals surface area contributed by atoms with Gasteiger partial charge < -0.3 is 9.84 Å². The van der Waals surface area contributed by atoms with Gasteiger partial charge in [-0.25, -0.2) is 4.68 Å². The quantitative estimate of drug-likeness (QED) is 0.942. The summed E-state index contributed by atoms with van der Waals surface area (Å²) in [6.07, 6.45) is 1.76. The predicted molar refractivity (Wildman–Crippen MR) is 70.9 cm³/mol. The van der Waals surface area contributed by atoms with E-state index in [1.807, 2.05) is 25.1 Å². The van der Waals surface area contributed by atoms with E-state index < -0.39 is 6.10 Å². The summed E-state index contributed by atoms with van der Waals surface area (Å²) in [5.41, 5.74) is 1.40. The number of rotatable bonds is 4. The van der Waals surface area contributed by atoms with Gasteiger partial charge in [-0.3, -0.25) is 0 Å². The first kappa shape index (κ1) is 13.0. The first-order valence-corrected chi connectivity index (χ1v) is 6.39. The van der Waals surface area contributed by atoms with E-state index in [2.05, 4.69) is 26.2 Å². The highest BCUT2D eigenvalue weighted by Gasteiger charge is 2.11. The highest BCUT2D eigenvalue weighted by Crippen LogP contribution is 2.27. The summed E-state index contributed by atoms with van der Waals surface area (Å²) in [5.74, 6) is 0.723. The summed E-state index contributed by atoms with van der Waals surface area (Å²) in [6, 6.07) is 5.62. The van der Waals surface area contributed by atoms with Crippen molar-refractivity contribution in [2.45, 2.75) is 19.4 Å². The second-order valence-corrected chi connectivity index (χ2v) is 4.69. The van der Waals surface area contributed by atoms with Gasteiger partial charge in [0.15, 0.2) is 0 Å². The number of ether oxygens (including phenoxy) is 1. The Bertz CT molecular complexity index is 542. The molecule has 0 aliphatic rings. The third kappa shape index (κ3) is 2.54. The molecule has 18 heavy (non-hydrogen) atoms. The molecule has 1 heterocycles. The number of aromatic nitrogens is 3. The van der Waals surface area contributed by atoms with E-state index in [9.17, 15) is 5.11 Å². The second-order valence-electron chi connectivity index (χ2n) is 3.83. The lowest BCUT2D eigenvalue weighted by atomic mass is 10.2. The molecule has 2 aromatic rings. The molecule has 96 valence electrons. The van der Waals surface area contributed by atoms with Gasteiger partial charge in [-0.2, -0.15) is 0 Å². The van der Waals surface area contributed by atoms with Gasteiger partial charge in [-0.05, 0) is 34.5 Å². The van der Waals surface area contributed by atoms with Crippen LogP contribution in [0.5, 0.6) is 5.75 Å². The van der Waals surface area contributed by atoms with Crippen molar-refractivity contribution in [3.05, 3.63) is 34.6 Å². The first-order chi connectivity index (χ1) is 8.65. The molecule has 1 N–H and O–H groups in total. The van der Waals surface area contributed by atoms with Crippen molar-refractivity contribution in [1.82, 2.24) is 15.0 Å². The van der Waals surface area contributed by atoms with E-state index in [0.717, 1.165) is 15.9 Å². The van der Waals surface area contributed by atoms with Gasteiger partial charge in [0.2, 0.25) is 0 Å². The monoisotopic (exact) mass is 311 g/mol. The van der Waals surface area contributed by atoms with Crippen LogP contribution in [-0.4, -0.2) is 27.2 Å². The van der Waals surface area contributed by atoms with Crippen LogP contribution in [0.2, 0.25) is 0 Å². The lowest BCUT2D eigenvalue weighted by molar-refractivity contribution is 0.169. The number of methoxy groups -OCH3 is 1. The van der Waals surface area contributed by atoms with Crippen molar-refractivity contribution in [2.75, 3.05) is 7.11 Å². The predicted octanol–water partition coefficient (Wildman–Crippen LogP) is 2.48. The number of aliphatic hydroxyl groups is 1. The Morgan fingerprint density at radius 3 is 2.94 bits per heavy atom. The maximum Gasteiger partial charge on any atom is 0.135 e. The van der Waals surface area contributed by atoms with E-state index in [0.29, 0.717) is 12.1 Å². The van der Waals surface area contributed by atoms with Crippen LogP contribution < -0.4 is 4.74 Å². The number of halogens is 1. The molecule has 1 aromatic heterocycles. The minimum atomic E-state index is -0.573. The molecule has 2 rings (SSSR count). The van der Waals surface area contributed by atoms with E-state index in [-0.39, 0.29) is 0 Å². The van der Waals surface area contributed by atoms with Gasteiger partial charge in [-0.15, -0.1) is 5.10 Å². The van der Waals surface area contributed by atoms with E-state index in [1.54, 1.807) is 18.0 Å². The zero-order valence-electron chi connectivity index (χ0n) is 10.2. The van der Waals surface area contributed by atoms with E-state index >= 15 is 0 Å². The summed E-state index contributed by atoms with van der Waals surface area (Å²) < 4.78 is 7.72. The van der Waals surface area contributed by atoms with Crippen molar-refractivity contribution < 1.29 is 9.84 Å². The van der Waals surface area contributed by atoms with Crippen molar-refractivity contribution >= 4 is 15.9 Å². The average Bonchev–Trinajstić information content (AvgIpc) is 2.88. The highest BCUT2D eigenvalue weighted by atomic mass is 79.9. The van der Waals surface area contributed by atoms with Crippen LogP contribution in [0.3, 0.4) is 0 Å². The molecule has 0 saturated carbocycles. The van der Waals surface area contributed by atoms with Crippen LogP contribution in [0.1, 0.15) is 25.1 Å². The fourth-order valence-electron chi connectivity index (χ4n) is 1.56. The minimum Gasteiger partial charge on any atom is -0.495 e. The number of benzene rings is 1. The Hall–Kier alpha value is -1.40. The Kier molecular flexibility index (Phi) is 3.98. The Morgan fingerprint density at radius 2 is 2.28 bits per heavy atom. The van der Waals surface area contributed by atoms with Crippen molar-refractivity contribution in [2.24, 2.45) is 0 Å². The van der Waals surface area contributed by atoms with Gasteiger partial charge in [0, 0.05) is 6.07 Å². The van der Waals surface area contributed by atoms with E-state index in [4.69, 9.17) is 4.74 Å². The van der Waals surface area contributed by atoms with Crippen LogP contribution in [0.25, 0.3) is 5.69 Å². The van der Waals surface area contributed by atoms with Gasteiger partial charge in [0.1, 0.15) is 11.4 Å². The van der Waals surface area contributed by atoms with Crippen molar-refractivity contribution in [1.29, 1.82) is 0 Å². The second kappa shape index (κ2) is 5.49. The van der Waals surface area contributed by atoms with Crippen molar-refractivity contribution in [3.8, 4) is 11.4 Å². The summed E-state index contributed by atoms with van der Waals surface area (Å²) in [6.45, 7) is 1.90. The van der Waals surface area contributed by atoms with Crippen LogP contribution >= 0.6 is 15.9 Å². The topological polar surface area (TPSA) is 60.2 Å². The maximum atomic E-state index is 9.69. The molecule has 0 spiro atoms. The summed E-state index contributed by atoms with van der Waals surface area (Å²) >= 11 is 3.39. The molecule has 1 atom stereocenters. The minimum absolute atomic E-state index is 0.569. The van der Waals surface area contributed by atoms with Gasteiger partial charge in [0.25, 0.3) is 0 Å². The number of hydrogen-bond donors (Lipinski definition) is 1. The van der Waals surface area contributed by atoms with E-state index in [1.165, 1.54) is 0 Å². The van der Waals surface area contributed by atoms with Crippen LogP contribution in [-0.2, 0) is 0 Å². The SMILES string of the molecule is CCC(O)c1cn(-c2ccc(Br)c(OC)c2)nn1. The van der Waals surface area contributed by atoms with Crippen molar-refractivity contribution in [3.63, 3.8) is 0 Å². The molecule has 0 aliphatic heterocycles. The third-order valence-corrected chi connectivity index (χ3v) is 3.29. The van der Waals surface area contributed by atoms with Gasteiger partial charge >= 0.3 is 0 Å². The molecule has 0 bridgehead atoms. The molecule has 0 fully saturated rings. The molecule has 0 aliphatic carbocycles. The number of hydrogen-bond acceptors (Lipinski definition) is 4. The zero-order valence-corrected chi connectivity index (χ0v) is 11.8. The Morgan fingerprint density at radius 1 is 1.50 bits per heavy atom. The number of nitrogens with zero attached hydrogens (tertiary/aromatic N) is 3. The Labute approximate surface area is 114 Å². The molecular weight excluding hydrogens is 298 g/mol. The molecule has 0 amide bonds. The zero-order chi connectivity index (χ0) is 13.1. The van der Waals surface area contributed by atoms with Gasteiger partial charge in [0.05, 0.1) is 29.6 Å². The average molecular weight is 312 g/mol. The normalized spacial score (nSPS) is 12.4. The fraction of sp³-hybridized carbons (Fsp3) is 0.333. The standard InChI is InChI=1S/C12H14BrN3O2/c1-3-11(17)10-7-16(15-14-10)8-4-5-9(13)12(6-8)18-2/h4-7,11,17H,3H2,1-2H3. The first-order valence-electron chi connectivity index (χ1n) is 5.60. The Balaban J connectivity index is 2.34. The molecule has 5 nitrogen and oxygen atoms in total. The molecule has 0 saturated heterocycles. The lowest BCUT2D eigenvalue weighted by Gasteiger charge is -2.06. The summed E-state index contributed by atoms with van der Waals surface area (Å²) in [7, 11) is 1.61. The molecule has 1 aromatic carbocycles. The molecular formula is C12H14BrN3O2. The summed E-state index contributed by atoms with van der Waals surface area (Å²) in [5, 5.41) is 17.6. The maximum absolute atomic E-state index is 9.69. The van der Waals surface area contributed by atoms with Crippen LogP contribution in [0.4, 0.5) is 0 Å². The third-order valence-electron chi connectivity index (χ3n) is 2.64. The molecule has 0 radical (unpaired) electrons. The van der Waals surface area contributed by atoms with Crippen LogP contribution in [0.15, 0.2) is 28.9 Å².